The van der Waals surface area contributed by atoms with Gasteiger partial charge >= 0.3 is 12.1 Å². The molecule has 0 saturated carbocycles. The van der Waals surface area contributed by atoms with Crippen LogP contribution in [0.3, 0.4) is 0 Å². The van der Waals surface area contributed by atoms with Gasteiger partial charge in [0.15, 0.2) is 0 Å². The Labute approximate surface area is 153 Å². The number of benzene rings is 1. The molecule has 140 valence electrons. The molecule has 0 radical (unpaired) electrons. The molecule has 1 aromatic carbocycles. The van der Waals surface area contributed by atoms with E-state index in [1.807, 2.05) is 24.4 Å². The number of aryl methyl sites for hydroxylation is 3. The van der Waals surface area contributed by atoms with Crippen LogP contribution in [0.1, 0.15) is 17.0 Å². The van der Waals surface area contributed by atoms with Gasteiger partial charge in [0, 0.05) is 23.0 Å². The largest absolute Gasteiger partial charge is 0.471 e. The molecule has 1 N–H and O–H groups in total. The summed E-state index contributed by atoms with van der Waals surface area (Å²) >= 11 is 0. The fourth-order valence-electron chi connectivity index (χ4n) is 2.48. The van der Waals surface area contributed by atoms with Crippen LogP contribution in [0, 0.1) is 20.8 Å². The molecule has 0 fully saturated rings. The lowest BCUT2D eigenvalue weighted by atomic mass is 10.1. The molecule has 0 aliphatic heterocycles. The molecule has 2 heterocycles. The molecule has 2 aromatic heterocycles. The SMILES string of the molecule is Cc1ccc(-c2cc(NC(=O)C(F)(F)F)n(-c3nc(C)cc(C)n3)n2)cc1. The Morgan fingerprint density at radius 2 is 1.59 bits per heavy atom. The first kappa shape index (κ1) is 18.6. The van der Waals surface area contributed by atoms with Crippen LogP contribution >= 0.6 is 0 Å². The molecule has 1 amide bonds. The van der Waals surface area contributed by atoms with Crippen molar-refractivity contribution in [1.82, 2.24) is 19.7 Å². The van der Waals surface area contributed by atoms with E-state index in [0.29, 0.717) is 22.6 Å². The molecule has 0 spiro atoms. The standard InChI is InChI=1S/C18H16F3N5O/c1-10-4-6-13(7-5-10)14-9-15(24-16(27)18(19,20)21)26(25-14)17-22-11(2)8-12(3)23-17/h4-9H,1-3H3,(H,24,27). The summed E-state index contributed by atoms with van der Waals surface area (Å²) in [5.74, 6) is -2.19. The maximum atomic E-state index is 12.7. The van der Waals surface area contributed by atoms with E-state index in [9.17, 15) is 18.0 Å². The number of halogens is 3. The average Bonchev–Trinajstić information content (AvgIpc) is 2.97. The second-order valence-corrected chi connectivity index (χ2v) is 6.10. The highest BCUT2D eigenvalue weighted by Crippen LogP contribution is 2.26. The number of rotatable bonds is 3. The van der Waals surface area contributed by atoms with Crippen LogP contribution in [0.15, 0.2) is 36.4 Å². The Morgan fingerprint density at radius 1 is 1.00 bits per heavy atom. The number of nitrogens with one attached hydrogen (secondary N) is 1. The highest BCUT2D eigenvalue weighted by atomic mass is 19.4. The fourth-order valence-corrected chi connectivity index (χ4v) is 2.48. The zero-order valence-electron chi connectivity index (χ0n) is 14.8. The lowest BCUT2D eigenvalue weighted by Crippen LogP contribution is -2.31. The number of nitrogens with zero attached hydrogens (tertiary/aromatic N) is 4. The molecule has 3 rings (SSSR count). The number of carbonyl (C=O) groups is 1. The first-order chi connectivity index (χ1) is 12.6. The number of amides is 1. The van der Waals surface area contributed by atoms with Crippen LogP contribution in [0.2, 0.25) is 0 Å². The van der Waals surface area contributed by atoms with Gasteiger partial charge in [0.2, 0.25) is 0 Å². The van der Waals surface area contributed by atoms with E-state index in [1.54, 1.807) is 32.0 Å². The van der Waals surface area contributed by atoms with Gasteiger partial charge in [-0.05, 0) is 26.8 Å². The highest BCUT2D eigenvalue weighted by molar-refractivity contribution is 5.94. The van der Waals surface area contributed by atoms with E-state index in [0.717, 1.165) is 10.2 Å². The van der Waals surface area contributed by atoms with Crippen molar-refractivity contribution in [2.24, 2.45) is 0 Å². The van der Waals surface area contributed by atoms with Crippen molar-refractivity contribution in [2.75, 3.05) is 5.32 Å². The lowest BCUT2D eigenvalue weighted by Gasteiger charge is -2.10. The van der Waals surface area contributed by atoms with Gasteiger partial charge < -0.3 is 5.32 Å². The van der Waals surface area contributed by atoms with Gasteiger partial charge in [0.25, 0.3) is 5.95 Å². The molecule has 3 aromatic rings. The number of aromatic nitrogens is 4. The number of anilines is 1. The monoisotopic (exact) mass is 375 g/mol. The zero-order valence-corrected chi connectivity index (χ0v) is 14.8. The third kappa shape index (κ3) is 4.13. The third-order valence-electron chi connectivity index (χ3n) is 3.72. The third-order valence-corrected chi connectivity index (χ3v) is 3.72. The molecule has 0 saturated heterocycles. The average molecular weight is 375 g/mol. The molecule has 27 heavy (non-hydrogen) atoms. The zero-order chi connectivity index (χ0) is 19.8. The van der Waals surface area contributed by atoms with Crippen molar-refractivity contribution in [1.29, 1.82) is 0 Å². The van der Waals surface area contributed by atoms with Crippen LogP contribution in [0.4, 0.5) is 19.0 Å². The molecule has 0 aliphatic rings. The van der Waals surface area contributed by atoms with Crippen molar-refractivity contribution < 1.29 is 18.0 Å². The normalized spacial score (nSPS) is 11.5. The van der Waals surface area contributed by atoms with Crippen LogP contribution < -0.4 is 5.32 Å². The minimum Gasteiger partial charge on any atom is -0.303 e. The summed E-state index contributed by atoms with van der Waals surface area (Å²) < 4.78 is 39.2. The van der Waals surface area contributed by atoms with E-state index >= 15 is 0 Å². The first-order valence-corrected chi connectivity index (χ1v) is 8.01. The van der Waals surface area contributed by atoms with Crippen molar-refractivity contribution in [3.05, 3.63) is 53.3 Å². The molecule has 0 unspecified atom stereocenters. The lowest BCUT2D eigenvalue weighted by molar-refractivity contribution is -0.167. The van der Waals surface area contributed by atoms with Crippen molar-refractivity contribution in [3.8, 4) is 17.2 Å². The summed E-state index contributed by atoms with van der Waals surface area (Å²) in [6.45, 7) is 5.38. The van der Waals surface area contributed by atoms with E-state index in [4.69, 9.17) is 0 Å². The highest BCUT2D eigenvalue weighted by Gasteiger charge is 2.39. The van der Waals surface area contributed by atoms with E-state index in [2.05, 4.69) is 15.1 Å². The maximum absolute atomic E-state index is 12.7. The van der Waals surface area contributed by atoms with Crippen LogP contribution in [0.25, 0.3) is 17.2 Å². The predicted octanol–water partition coefficient (Wildman–Crippen LogP) is 3.76. The quantitative estimate of drug-likeness (QED) is 0.757. The summed E-state index contributed by atoms with van der Waals surface area (Å²) in [6.07, 6.45) is -5.03. The number of alkyl halides is 3. The summed E-state index contributed by atoms with van der Waals surface area (Å²) in [6, 6.07) is 10.4. The Morgan fingerprint density at radius 3 is 2.15 bits per heavy atom. The molecule has 9 heteroatoms. The molecule has 0 aliphatic carbocycles. The minimum atomic E-state index is -5.03. The van der Waals surface area contributed by atoms with Gasteiger partial charge in [-0.1, -0.05) is 29.8 Å². The van der Waals surface area contributed by atoms with Gasteiger partial charge in [0.1, 0.15) is 5.82 Å². The number of carbonyl (C=O) groups excluding carboxylic acids is 1. The van der Waals surface area contributed by atoms with Crippen molar-refractivity contribution in [2.45, 2.75) is 26.9 Å². The van der Waals surface area contributed by atoms with Crippen LogP contribution in [-0.4, -0.2) is 31.8 Å². The van der Waals surface area contributed by atoms with Gasteiger partial charge in [0.05, 0.1) is 5.69 Å². The summed E-state index contributed by atoms with van der Waals surface area (Å²) in [7, 11) is 0. The maximum Gasteiger partial charge on any atom is 0.471 e. The second-order valence-electron chi connectivity index (χ2n) is 6.10. The predicted molar refractivity (Wildman–Crippen MR) is 93.5 cm³/mol. The van der Waals surface area contributed by atoms with Crippen molar-refractivity contribution >= 4 is 11.7 Å². The molecule has 6 nitrogen and oxygen atoms in total. The van der Waals surface area contributed by atoms with E-state index in [1.165, 1.54) is 6.07 Å². The smallest absolute Gasteiger partial charge is 0.303 e. The van der Waals surface area contributed by atoms with Crippen molar-refractivity contribution in [3.63, 3.8) is 0 Å². The fraction of sp³-hybridized carbons (Fsp3) is 0.222. The summed E-state index contributed by atoms with van der Waals surface area (Å²) in [5, 5.41) is 6.15. The molecule has 0 atom stereocenters. The molecular weight excluding hydrogens is 359 g/mol. The molecule has 0 bridgehead atoms. The van der Waals surface area contributed by atoms with Gasteiger partial charge in [-0.3, -0.25) is 4.79 Å². The van der Waals surface area contributed by atoms with Gasteiger partial charge in [-0.2, -0.15) is 23.0 Å². The first-order valence-electron chi connectivity index (χ1n) is 8.01. The Kier molecular flexibility index (Phi) is 4.69. The van der Waals surface area contributed by atoms with E-state index < -0.39 is 12.1 Å². The van der Waals surface area contributed by atoms with Gasteiger partial charge in [-0.25, -0.2) is 9.97 Å². The van der Waals surface area contributed by atoms with Crippen LogP contribution in [-0.2, 0) is 4.79 Å². The summed E-state index contributed by atoms with van der Waals surface area (Å²) in [5.41, 5.74) is 3.35. The number of hydrogen-bond donors (Lipinski definition) is 1. The Balaban J connectivity index is 2.11. The Bertz CT molecular complexity index is 973. The van der Waals surface area contributed by atoms with E-state index in [-0.39, 0.29) is 11.8 Å². The Hall–Kier alpha value is -3.23. The topological polar surface area (TPSA) is 72.7 Å². The van der Waals surface area contributed by atoms with Crippen LogP contribution in [0.5, 0.6) is 0 Å². The minimum absolute atomic E-state index is 0.0725. The summed E-state index contributed by atoms with van der Waals surface area (Å²) in [4.78, 5) is 19.8. The second kappa shape index (κ2) is 6.82. The number of hydrogen-bond acceptors (Lipinski definition) is 4. The van der Waals surface area contributed by atoms with Gasteiger partial charge in [-0.15, -0.1) is 0 Å². The molecular formula is C18H16F3N5O.